The second-order valence-corrected chi connectivity index (χ2v) is 5.99. The first-order chi connectivity index (χ1) is 12.9. The Morgan fingerprint density at radius 1 is 1.26 bits per heavy atom. The standard InChI is InChI=1S/C19H24N2O6/c1-4-26-19(24)12-21(7-8-25-3)11-14-9-18(23)27-17-10-15(20-13(2)22)5-6-16(14)17/h5-6,9-10H,4,7-8,11-12H2,1-3H3,(H,20,22). The van der Waals surface area contributed by atoms with Gasteiger partial charge in [-0.3, -0.25) is 14.5 Å². The maximum Gasteiger partial charge on any atom is 0.336 e. The molecule has 0 bridgehead atoms. The number of anilines is 1. The molecule has 1 N–H and O–H groups in total. The Labute approximate surface area is 157 Å². The lowest BCUT2D eigenvalue weighted by molar-refractivity contribution is -0.144. The van der Waals surface area contributed by atoms with Crippen molar-refractivity contribution in [2.24, 2.45) is 0 Å². The quantitative estimate of drug-likeness (QED) is 0.526. The molecule has 0 saturated carbocycles. The lowest BCUT2D eigenvalue weighted by Crippen LogP contribution is -2.33. The second-order valence-electron chi connectivity index (χ2n) is 5.99. The van der Waals surface area contributed by atoms with Gasteiger partial charge in [-0.15, -0.1) is 0 Å². The Morgan fingerprint density at radius 2 is 2.04 bits per heavy atom. The number of hydrogen-bond donors (Lipinski definition) is 1. The van der Waals surface area contributed by atoms with E-state index in [9.17, 15) is 14.4 Å². The van der Waals surface area contributed by atoms with Crippen molar-refractivity contribution in [3.8, 4) is 0 Å². The van der Waals surface area contributed by atoms with Crippen LogP contribution in [0.4, 0.5) is 5.69 Å². The van der Waals surface area contributed by atoms with Gasteiger partial charge in [-0.05, 0) is 24.6 Å². The molecule has 0 fully saturated rings. The van der Waals surface area contributed by atoms with Gasteiger partial charge in [-0.2, -0.15) is 0 Å². The van der Waals surface area contributed by atoms with Gasteiger partial charge in [0.05, 0.1) is 19.8 Å². The Balaban J connectivity index is 2.32. The highest BCUT2D eigenvalue weighted by molar-refractivity contribution is 5.92. The Bertz CT molecular complexity index is 861. The number of fused-ring (bicyclic) bond motifs is 1. The van der Waals surface area contributed by atoms with E-state index in [1.54, 1.807) is 32.2 Å². The van der Waals surface area contributed by atoms with Gasteiger partial charge in [0.25, 0.3) is 0 Å². The zero-order valence-corrected chi connectivity index (χ0v) is 15.7. The number of benzene rings is 1. The molecule has 0 saturated heterocycles. The maximum atomic E-state index is 12.0. The van der Waals surface area contributed by atoms with Crippen LogP contribution in [0.15, 0.2) is 33.5 Å². The van der Waals surface area contributed by atoms with E-state index < -0.39 is 5.63 Å². The molecule has 2 rings (SSSR count). The number of methoxy groups -OCH3 is 1. The van der Waals surface area contributed by atoms with Crippen LogP contribution in [0.25, 0.3) is 11.0 Å². The summed E-state index contributed by atoms with van der Waals surface area (Å²) in [5, 5.41) is 3.39. The lowest BCUT2D eigenvalue weighted by atomic mass is 10.1. The van der Waals surface area contributed by atoms with Gasteiger partial charge in [-0.1, -0.05) is 0 Å². The van der Waals surface area contributed by atoms with Crippen LogP contribution in [-0.2, 0) is 25.6 Å². The minimum atomic E-state index is -0.500. The molecule has 0 unspecified atom stereocenters. The summed E-state index contributed by atoms with van der Waals surface area (Å²) in [6, 6.07) is 6.52. The van der Waals surface area contributed by atoms with E-state index >= 15 is 0 Å². The van der Waals surface area contributed by atoms with Gasteiger partial charge in [0.1, 0.15) is 5.58 Å². The highest BCUT2D eigenvalue weighted by Gasteiger charge is 2.15. The summed E-state index contributed by atoms with van der Waals surface area (Å²) in [7, 11) is 1.58. The van der Waals surface area contributed by atoms with Crippen molar-refractivity contribution >= 4 is 28.5 Å². The van der Waals surface area contributed by atoms with Gasteiger partial charge < -0.3 is 19.2 Å². The van der Waals surface area contributed by atoms with Crippen LogP contribution >= 0.6 is 0 Å². The number of carbonyl (C=O) groups is 2. The topological polar surface area (TPSA) is 98.1 Å². The van der Waals surface area contributed by atoms with Crippen molar-refractivity contribution in [1.29, 1.82) is 0 Å². The highest BCUT2D eigenvalue weighted by atomic mass is 16.5. The molecule has 8 nitrogen and oxygen atoms in total. The van der Waals surface area contributed by atoms with Gasteiger partial charge in [0, 0.05) is 50.3 Å². The molecular formula is C19H24N2O6. The molecule has 1 amide bonds. The van der Waals surface area contributed by atoms with E-state index in [2.05, 4.69) is 5.32 Å². The summed E-state index contributed by atoms with van der Waals surface area (Å²) in [6.45, 7) is 4.83. The fourth-order valence-corrected chi connectivity index (χ4v) is 2.71. The van der Waals surface area contributed by atoms with Crippen molar-refractivity contribution in [2.45, 2.75) is 20.4 Å². The van der Waals surface area contributed by atoms with Crippen LogP contribution in [0.5, 0.6) is 0 Å². The summed E-state index contributed by atoms with van der Waals surface area (Å²) in [5.74, 6) is -0.554. The second kappa shape index (κ2) is 9.84. The molecule has 1 aromatic carbocycles. The van der Waals surface area contributed by atoms with E-state index in [1.165, 1.54) is 13.0 Å². The molecule has 0 radical (unpaired) electrons. The maximum absolute atomic E-state index is 12.0. The summed E-state index contributed by atoms with van der Waals surface area (Å²) in [6.07, 6.45) is 0. The number of nitrogens with one attached hydrogen (secondary N) is 1. The Morgan fingerprint density at radius 3 is 2.70 bits per heavy atom. The zero-order valence-electron chi connectivity index (χ0n) is 15.7. The third kappa shape index (κ3) is 6.19. The minimum absolute atomic E-state index is 0.0862. The average molecular weight is 376 g/mol. The minimum Gasteiger partial charge on any atom is -0.465 e. The summed E-state index contributed by atoms with van der Waals surface area (Å²) < 4.78 is 15.4. The fourth-order valence-electron chi connectivity index (χ4n) is 2.71. The number of rotatable bonds is 9. The molecule has 1 aromatic heterocycles. The molecule has 0 atom stereocenters. The zero-order chi connectivity index (χ0) is 19.8. The van der Waals surface area contributed by atoms with Crippen molar-refractivity contribution in [3.05, 3.63) is 40.2 Å². The normalized spacial score (nSPS) is 11.0. The first-order valence-corrected chi connectivity index (χ1v) is 8.64. The molecule has 1 heterocycles. The number of esters is 1. The van der Waals surface area contributed by atoms with E-state index in [0.29, 0.717) is 37.6 Å². The van der Waals surface area contributed by atoms with Gasteiger partial charge in [-0.25, -0.2) is 4.79 Å². The third-order valence-electron chi connectivity index (χ3n) is 3.81. The number of carbonyl (C=O) groups excluding carboxylic acids is 2. The summed E-state index contributed by atoms with van der Waals surface area (Å²) in [4.78, 5) is 36.9. The van der Waals surface area contributed by atoms with Crippen LogP contribution in [0, 0.1) is 0 Å². The van der Waals surface area contributed by atoms with Crippen LogP contribution in [0.1, 0.15) is 19.4 Å². The third-order valence-corrected chi connectivity index (χ3v) is 3.81. The van der Waals surface area contributed by atoms with Crippen LogP contribution in [0.3, 0.4) is 0 Å². The average Bonchev–Trinajstić information content (AvgIpc) is 2.58. The van der Waals surface area contributed by atoms with Crippen LogP contribution in [0.2, 0.25) is 0 Å². The molecule has 0 aliphatic rings. The molecule has 27 heavy (non-hydrogen) atoms. The van der Waals surface area contributed by atoms with E-state index in [-0.39, 0.29) is 18.4 Å². The van der Waals surface area contributed by atoms with Gasteiger partial charge in [0.15, 0.2) is 0 Å². The van der Waals surface area contributed by atoms with Crippen LogP contribution in [-0.4, -0.2) is 50.2 Å². The summed E-state index contributed by atoms with van der Waals surface area (Å²) >= 11 is 0. The molecule has 0 aliphatic heterocycles. The first kappa shape index (κ1) is 20.6. The van der Waals surface area contributed by atoms with E-state index in [4.69, 9.17) is 13.9 Å². The first-order valence-electron chi connectivity index (χ1n) is 8.64. The largest absolute Gasteiger partial charge is 0.465 e. The van der Waals surface area contributed by atoms with E-state index in [0.717, 1.165) is 10.9 Å². The van der Waals surface area contributed by atoms with Crippen molar-refractivity contribution < 1.29 is 23.5 Å². The highest BCUT2D eigenvalue weighted by Crippen LogP contribution is 2.22. The summed E-state index contributed by atoms with van der Waals surface area (Å²) in [5.41, 5.74) is 1.13. The monoisotopic (exact) mass is 376 g/mol. The molecular weight excluding hydrogens is 352 g/mol. The molecule has 8 heteroatoms. The molecule has 0 spiro atoms. The fraction of sp³-hybridized carbons (Fsp3) is 0.421. The van der Waals surface area contributed by atoms with Crippen molar-refractivity contribution in [2.75, 3.05) is 38.7 Å². The number of ether oxygens (including phenoxy) is 2. The number of hydrogen-bond acceptors (Lipinski definition) is 7. The smallest absolute Gasteiger partial charge is 0.336 e. The SMILES string of the molecule is CCOC(=O)CN(CCOC)Cc1cc(=O)oc2cc(NC(C)=O)ccc12. The number of amides is 1. The van der Waals surface area contributed by atoms with Crippen molar-refractivity contribution in [1.82, 2.24) is 4.90 Å². The Hall–Kier alpha value is -2.71. The van der Waals surface area contributed by atoms with Crippen molar-refractivity contribution in [3.63, 3.8) is 0 Å². The molecule has 0 aliphatic carbocycles. The van der Waals surface area contributed by atoms with E-state index in [1.807, 2.05) is 4.90 Å². The van der Waals surface area contributed by atoms with Gasteiger partial charge >= 0.3 is 11.6 Å². The predicted octanol–water partition coefficient (Wildman–Crippen LogP) is 1.76. The lowest BCUT2D eigenvalue weighted by Gasteiger charge is -2.21. The number of nitrogens with zero attached hydrogens (tertiary/aromatic N) is 1. The molecule has 2 aromatic rings. The van der Waals surface area contributed by atoms with Gasteiger partial charge in [0.2, 0.25) is 5.91 Å². The van der Waals surface area contributed by atoms with Crippen LogP contribution < -0.4 is 10.9 Å². The Kier molecular flexibility index (Phi) is 7.51. The molecule has 146 valence electrons. The predicted molar refractivity (Wildman–Crippen MR) is 101 cm³/mol.